The number of benzene rings is 2. The summed E-state index contributed by atoms with van der Waals surface area (Å²) in [6, 6.07) is 11.0. The molecular weight excluding hydrogens is 482 g/mol. The normalized spacial score (nSPS) is 18.0. The molecule has 2 unspecified atom stereocenters. The zero-order valence-electron chi connectivity index (χ0n) is 19.0. The highest BCUT2D eigenvalue weighted by atomic mass is 32.2. The molecule has 0 aromatic heterocycles. The van der Waals surface area contributed by atoms with E-state index >= 15 is 0 Å². The first-order valence-electron chi connectivity index (χ1n) is 10.4. The molecule has 1 fully saturated rings. The number of methoxy groups -OCH3 is 2. The Morgan fingerprint density at radius 1 is 1.12 bits per heavy atom. The molecule has 0 saturated carbocycles. The first-order valence-corrected chi connectivity index (χ1v) is 13.0. The summed E-state index contributed by atoms with van der Waals surface area (Å²) in [6.07, 6.45) is 0. The minimum Gasteiger partial charge on any atom is -0.497 e. The van der Waals surface area contributed by atoms with Crippen LogP contribution in [0.25, 0.3) is 0 Å². The largest absolute Gasteiger partial charge is 0.497 e. The lowest BCUT2D eigenvalue weighted by Gasteiger charge is -2.29. The van der Waals surface area contributed by atoms with E-state index in [1.54, 1.807) is 30.3 Å². The number of rotatable bonds is 10. The standard InChI is InChI=1S/C22H27N3O7S2/c1-4-32-14-5-8-16(9-6-14)34(28,29)19-12-23-22(25-21(19)27)33-13-20(26)24-17-11-15(30-2)7-10-18(17)31-3/h5-11,19,22-23H,4,12-13H2,1-3H3,(H,24,26)(H,25,27). The van der Waals surface area contributed by atoms with E-state index in [0.717, 1.165) is 11.8 Å². The first kappa shape index (κ1) is 25.7. The Kier molecular flexibility index (Phi) is 8.64. The van der Waals surface area contributed by atoms with E-state index in [2.05, 4.69) is 16.0 Å². The Labute approximate surface area is 202 Å². The van der Waals surface area contributed by atoms with Gasteiger partial charge < -0.3 is 24.8 Å². The lowest BCUT2D eigenvalue weighted by molar-refractivity contribution is -0.122. The molecular formula is C22H27N3O7S2. The third-order valence-electron chi connectivity index (χ3n) is 4.95. The van der Waals surface area contributed by atoms with Gasteiger partial charge in [-0.15, -0.1) is 11.8 Å². The smallest absolute Gasteiger partial charge is 0.241 e. The van der Waals surface area contributed by atoms with Crippen molar-refractivity contribution in [1.82, 2.24) is 10.6 Å². The zero-order chi connectivity index (χ0) is 24.7. The van der Waals surface area contributed by atoms with Crippen molar-refractivity contribution >= 4 is 39.1 Å². The van der Waals surface area contributed by atoms with Gasteiger partial charge in [0.25, 0.3) is 0 Å². The molecule has 2 aromatic carbocycles. The Balaban J connectivity index is 1.55. The second-order valence-corrected chi connectivity index (χ2v) is 10.4. The molecule has 34 heavy (non-hydrogen) atoms. The van der Waals surface area contributed by atoms with Crippen LogP contribution < -0.4 is 30.2 Å². The summed E-state index contributed by atoms with van der Waals surface area (Å²) in [6.45, 7) is 2.21. The average molecular weight is 510 g/mol. The van der Waals surface area contributed by atoms with Crippen molar-refractivity contribution in [3.05, 3.63) is 42.5 Å². The zero-order valence-corrected chi connectivity index (χ0v) is 20.6. The fraction of sp³-hybridized carbons (Fsp3) is 0.364. The molecule has 2 amide bonds. The summed E-state index contributed by atoms with van der Waals surface area (Å²) in [5.74, 6) is 0.648. The second kappa shape index (κ2) is 11.4. The lowest BCUT2D eigenvalue weighted by atomic mass is 10.2. The van der Waals surface area contributed by atoms with Crippen molar-refractivity contribution in [2.24, 2.45) is 0 Å². The van der Waals surface area contributed by atoms with Crippen molar-refractivity contribution in [3.8, 4) is 17.2 Å². The van der Waals surface area contributed by atoms with Crippen LogP contribution in [0.15, 0.2) is 47.4 Å². The number of ether oxygens (including phenoxy) is 3. The first-order chi connectivity index (χ1) is 16.3. The van der Waals surface area contributed by atoms with Gasteiger partial charge in [0, 0.05) is 12.6 Å². The van der Waals surface area contributed by atoms with Gasteiger partial charge in [-0.25, -0.2) is 8.42 Å². The van der Waals surface area contributed by atoms with Crippen LogP contribution in [0.2, 0.25) is 0 Å². The highest BCUT2D eigenvalue weighted by Crippen LogP contribution is 2.29. The van der Waals surface area contributed by atoms with Gasteiger partial charge in [-0.1, -0.05) is 0 Å². The molecule has 184 valence electrons. The Morgan fingerprint density at radius 2 is 1.82 bits per heavy atom. The third-order valence-corrected chi connectivity index (χ3v) is 8.06. The third kappa shape index (κ3) is 6.13. The highest BCUT2D eigenvalue weighted by molar-refractivity contribution is 8.00. The van der Waals surface area contributed by atoms with E-state index in [4.69, 9.17) is 14.2 Å². The van der Waals surface area contributed by atoms with Gasteiger partial charge in [-0.05, 0) is 43.3 Å². The predicted octanol–water partition coefficient (Wildman–Crippen LogP) is 1.62. The fourth-order valence-electron chi connectivity index (χ4n) is 3.24. The number of sulfone groups is 1. The molecule has 2 atom stereocenters. The number of carbonyl (C=O) groups excluding carboxylic acids is 2. The van der Waals surface area contributed by atoms with Crippen LogP contribution in [0.1, 0.15) is 6.92 Å². The van der Waals surface area contributed by atoms with Crippen LogP contribution >= 0.6 is 11.8 Å². The molecule has 3 N–H and O–H groups in total. The van der Waals surface area contributed by atoms with Crippen LogP contribution in [0.4, 0.5) is 5.69 Å². The van der Waals surface area contributed by atoms with Crippen molar-refractivity contribution in [2.45, 2.75) is 22.6 Å². The van der Waals surface area contributed by atoms with Crippen LogP contribution in [-0.2, 0) is 19.4 Å². The summed E-state index contributed by atoms with van der Waals surface area (Å²) >= 11 is 1.13. The molecule has 12 heteroatoms. The molecule has 1 saturated heterocycles. The van der Waals surface area contributed by atoms with Gasteiger partial charge in [-0.3, -0.25) is 14.9 Å². The van der Waals surface area contributed by atoms with E-state index in [1.807, 2.05) is 6.92 Å². The van der Waals surface area contributed by atoms with Crippen LogP contribution in [0, 0.1) is 0 Å². The molecule has 0 spiro atoms. The Morgan fingerprint density at radius 3 is 2.44 bits per heavy atom. The van der Waals surface area contributed by atoms with Gasteiger partial charge in [0.1, 0.15) is 22.7 Å². The number of amides is 2. The van der Waals surface area contributed by atoms with Crippen molar-refractivity contribution in [1.29, 1.82) is 0 Å². The topological polar surface area (TPSA) is 132 Å². The van der Waals surface area contributed by atoms with Gasteiger partial charge in [0.2, 0.25) is 11.8 Å². The monoisotopic (exact) mass is 509 g/mol. The van der Waals surface area contributed by atoms with E-state index < -0.39 is 26.5 Å². The van der Waals surface area contributed by atoms with Gasteiger partial charge in [0.15, 0.2) is 15.1 Å². The molecule has 1 aliphatic rings. The molecule has 0 aliphatic carbocycles. The number of nitrogens with one attached hydrogen (secondary N) is 3. The molecule has 1 heterocycles. The minimum atomic E-state index is -3.90. The van der Waals surface area contributed by atoms with Crippen molar-refractivity contribution in [3.63, 3.8) is 0 Å². The Hall–Kier alpha value is -2.96. The maximum Gasteiger partial charge on any atom is 0.241 e. The Bertz CT molecular complexity index is 1120. The lowest BCUT2D eigenvalue weighted by Crippen LogP contribution is -2.59. The fourth-order valence-corrected chi connectivity index (χ4v) is 5.56. The van der Waals surface area contributed by atoms with Crippen molar-refractivity contribution < 1.29 is 32.2 Å². The summed E-state index contributed by atoms with van der Waals surface area (Å²) in [5, 5.41) is 7.05. The predicted molar refractivity (Wildman–Crippen MR) is 129 cm³/mol. The molecule has 2 aromatic rings. The van der Waals surface area contributed by atoms with Gasteiger partial charge in [-0.2, -0.15) is 0 Å². The number of hydrogen-bond acceptors (Lipinski definition) is 9. The quantitative estimate of drug-likeness (QED) is 0.437. The summed E-state index contributed by atoms with van der Waals surface area (Å²) in [7, 11) is -0.888. The van der Waals surface area contributed by atoms with E-state index in [9.17, 15) is 18.0 Å². The van der Waals surface area contributed by atoms with Crippen LogP contribution in [0.3, 0.4) is 0 Å². The summed E-state index contributed by atoms with van der Waals surface area (Å²) in [4.78, 5) is 25.0. The average Bonchev–Trinajstić information content (AvgIpc) is 2.83. The van der Waals surface area contributed by atoms with Gasteiger partial charge in [0.05, 0.1) is 37.2 Å². The number of carbonyl (C=O) groups is 2. The SMILES string of the molecule is CCOc1ccc(S(=O)(=O)C2CNC(SCC(=O)Nc3cc(OC)ccc3OC)NC2=O)cc1. The number of hydrogen-bond donors (Lipinski definition) is 3. The minimum absolute atomic E-state index is 0.00855. The number of thioether (sulfide) groups is 1. The maximum absolute atomic E-state index is 12.9. The molecule has 1 aliphatic heterocycles. The van der Waals surface area contributed by atoms with Crippen LogP contribution in [0.5, 0.6) is 17.2 Å². The molecule has 0 bridgehead atoms. The summed E-state index contributed by atoms with van der Waals surface area (Å²) < 4.78 is 41.6. The van der Waals surface area contributed by atoms with E-state index in [0.29, 0.717) is 29.5 Å². The van der Waals surface area contributed by atoms with E-state index in [-0.39, 0.29) is 23.1 Å². The maximum atomic E-state index is 12.9. The molecule has 0 radical (unpaired) electrons. The van der Waals surface area contributed by atoms with Crippen LogP contribution in [-0.4, -0.2) is 64.1 Å². The second-order valence-electron chi connectivity index (χ2n) is 7.16. The van der Waals surface area contributed by atoms with E-state index in [1.165, 1.54) is 26.4 Å². The van der Waals surface area contributed by atoms with Gasteiger partial charge >= 0.3 is 0 Å². The van der Waals surface area contributed by atoms with Crippen molar-refractivity contribution in [2.75, 3.05) is 38.4 Å². The number of anilines is 1. The molecule has 3 rings (SSSR count). The highest BCUT2D eigenvalue weighted by Gasteiger charge is 2.38. The summed E-state index contributed by atoms with van der Waals surface area (Å²) in [5.41, 5.74) is -0.160. The molecule has 10 nitrogen and oxygen atoms in total.